The van der Waals surface area contributed by atoms with Crippen LogP contribution >= 0.6 is 0 Å². The Morgan fingerprint density at radius 2 is 1.93 bits per heavy atom. The lowest BCUT2D eigenvalue weighted by atomic mass is 9.83. The summed E-state index contributed by atoms with van der Waals surface area (Å²) in [4.78, 5) is 2.73. The van der Waals surface area contributed by atoms with Crippen LogP contribution in [0.15, 0.2) is 0 Å². The second-order valence-electron chi connectivity index (χ2n) is 6.01. The van der Waals surface area contributed by atoms with E-state index in [0.717, 1.165) is 23.7 Å². The molecule has 1 aliphatic heterocycles. The predicted octanol–water partition coefficient (Wildman–Crippen LogP) is 3.01. The van der Waals surface area contributed by atoms with Crippen LogP contribution in [0.25, 0.3) is 0 Å². The Balaban J connectivity index is 1.84. The summed E-state index contributed by atoms with van der Waals surface area (Å²) in [7, 11) is 0. The Kier molecular flexibility index (Phi) is 3.16. The van der Waals surface area contributed by atoms with Gasteiger partial charge in [-0.3, -0.25) is 0 Å². The maximum Gasteiger partial charge on any atom is 0.00124 e. The van der Waals surface area contributed by atoms with Crippen LogP contribution in [0, 0.1) is 23.7 Å². The molecule has 0 aromatic rings. The maximum absolute atomic E-state index is 2.73. The van der Waals surface area contributed by atoms with Gasteiger partial charge in [-0.15, -0.1) is 0 Å². The van der Waals surface area contributed by atoms with Crippen LogP contribution < -0.4 is 0 Å². The smallest absolute Gasteiger partial charge is 0.00124 e. The molecular formula is C13H25N. The third kappa shape index (κ3) is 2.73. The summed E-state index contributed by atoms with van der Waals surface area (Å²) in [6, 6.07) is 0. The van der Waals surface area contributed by atoms with E-state index in [2.05, 4.69) is 25.7 Å². The minimum Gasteiger partial charge on any atom is -0.303 e. The number of nitrogens with zero attached hydrogens (tertiary/aromatic N) is 1. The van der Waals surface area contributed by atoms with Gasteiger partial charge in [-0.25, -0.2) is 0 Å². The number of hydrogen-bond acceptors (Lipinski definition) is 1. The van der Waals surface area contributed by atoms with Gasteiger partial charge in [0.1, 0.15) is 0 Å². The molecule has 1 saturated heterocycles. The first-order valence-corrected chi connectivity index (χ1v) is 6.37. The van der Waals surface area contributed by atoms with Gasteiger partial charge >= 0.3 is 0 Å². The zero-order valence-corrected chi connectivity index (χ0v) is 10.00. The van der Waals surface area contributed by atoms with Crippen LogP contribution in [-0.4, -0.2) is 24.5 Å². The topological polar surface area (TPSA) is 3.24 Å². The van der Waals surface area contributed by atoms with Crippen molar-refractivity contribution >= 4 is 0 Å². The SMILES string of the molecule is CC(C)[C@H]1C[C@@H](C)CN(CC2CC2)C1. The highest BCUT2D eigenvalue weighted by atomic mass is 15.1. The van der Waals surface area contributed by atoms with Gasteiger partial charge in [-0.05, 0) is 42.9 Å². The van der Waals surface area contributed by atoms with Crippen molar-refractivity contribution in [2.45, 2.75) is 40.0 Å². The van der Waals surface area contributed by atoms with Gasteiger partial charge in [0.2, 0.25) is 0 Å². The number of likely N-dealkylation sites (tertiary alicyclic amines) is 1. The molecule has 0 spiro atoms. The predicted molar refractivity (Wildman–Crippen MR) is 61.3 cm³/mol. The minimum absolute atomic E-state index is 0.874. The molecule has 0 unspecified atom stereocenters. The van der Waals surface area contributed by atoms with Crippen molar-refractivity contribution in [2.24, 2.45) is 23.7 Å². The van der Waals surface area contributed by atoms with E-state index < -0.39 is 0 Å². The van der Waals surface area contributed by atoms with E-state index in [1.54, 1.807) is 0 Å². The molecule has 1 heteroatoms. The van der Waals surface area contributed by atoms with Crippen LogP contribution in [0.2, 0.25) is 0 Å². The molecule has 2 atom stereocenters. The van der Waals surface area contributed by atoms with Crippen molar-refractivity contribution in [2.75, 3.05) is 19.6 Å². The standard InChI is InChI=1S/C13H25N/c1-10(2)13-6-11(3)7-14(9-13)8-12-4-5-12/h10-13H,4-9H2,1-3H3/t11-,13+/m1/s1. The molecule has 82 valence electrons. The molecule has 1 saturated carbocycles. The van der Waals surface area contributed by atoms with E-state index in [1.807, 2.05) is 0 Å². The normalized spacial score (nSPS) is 35.1. The second kappa shape index (κ2) is 4.22. The molecule has 2 rings (SSSR count). The van der Waals surface area contributed by atoms with Gasteiger partial charge in [0.25, 0.3) is 0 Å². The minimum atomic E-state index is 0.874. The fourth-order valence-electron chi connectivity index (χ4n) is 2.81. The molecule has 0 aromatic heterocycles. The van der Waals surface area contributed by atoms with E-state index in [9.17, 15) is 0 Å². The summed E-state index contributed by atoms with van der Waals surface area (Å²) in [5.74, 6) is 3.82. The van der Waals surface area contributed by atoms with Crippen LogP contribution in [0.3, 0.4) is 0 Å². The summed E-state index contributed by atoms with van der Waals surface area (Å²) in [5.41, 5.74) is 0. The quantitative estimate of drug-likeness (QED) is 0.669. The van der Waals surface area contributed by atoms with E-state index in [4.69, 9.17) is 0 Å². The van der Waals surface area contributed by atoms with Gasteiger partial charge in [0, 0.05) is 19.6 Å². The molecule has 0 amide bonds. The van der Waals surface area contributed by atoms with E-state index in [-0.39, 0.29) is 0 Å². The number of hydrogen-bond donors (Lipinski definition) is 0. The van der Waals surface area contributed by atoms with Gasteiger partial charge in [-0.1, -0.05) is 20.8 Å². The molecule has 1 aliphatic carbocycles. The monoisotopic (exact) mass is 195 g/mol. The van der Waals surface area contributed by atoms with Gasteiger partial charge in [0.05, 0.1) is 0 Å². The fourth-order valence-corrected chi connectivity index (χ4v) is 2.81. The van der Waals surface area contributed by atoms with Gasteiger partial charge in [0.15, 0.2) is 0 Å². The Morgan fingerprint density at radius 1 is 1.21 bits per heavy atom. The van der Waals surface area contributed by atoms with Gasteiger partial charge < -0.3 is 4.90 Å². The molecule has 0 aromatic carbocycles. The molecule has 1 nitrogen and oxygen atoms in total. The Labute approximate surface area is 88.9 Å². The van der Waals surface area contributed by atoms with Crippen LogP contribution in [0.1, 0.15) is 40.0 Å². The summed E-state index contributed by atoms with van der Waals surface area (Å²) in [5, 5.41) is 0. The van der Waals surface area contributed by atoms with E-state index in [1.165, 1.54) is 38.9 Å². The van der Waals surface area contributed by atoms with Crippen LogP contribution in [-0.2, 0) is 0 Å². The average molecular weight is 195 g/mol. The van der Waals surface area contributed by atoms with E-state index >= 15 is 0 Å². The summed E-state index contributed by atoms with van der Waals surface area (Å²) in [6.45, 7) is 11.3. The average Bonchev–Trinajstić information content (AvgIpc) is 2.87. The highest BCUT2D eigenvalue weighted by molar-refractivity contribution is 4.83. The molecular weight excluding hydrogens is 170 g/mol. The lowest BCUT2D eigenvalue weighted by Crippen LogP contribution is -2.42. The maximum atomic E-state index is 2.73. The lowest BCUT2D eigenvalue weighted by molar-refractivity contribution is 0.103. The van der Waals surface area contributed by atoms with Crippen molar-refractivity contribution in [3.63, 3.8) is 0 Å². The van der Waals surface area contributed by atoms with E-state index in [0.29, 0.717) is 0 Å². The Hall–Kier alpha value is -0.0400. The van der Waals surface area contributed by atoms with Gasteiger partial charge in [-0.2, -0.15) is 0 Å². The van der Waals surface area contributed by atoms with Crippen molar-refractivity contribution in [3.05, 3.63) is 0 Å². The first-order chi connectivity index (χ1) is 6.65. The largest absolute Gasteiger partial charge is 0.303 e. The van der Waals surface area contributed by atoms with Crippen LogP contribution in [0.4, 0.5) is 0 Å². The van der Waals surface area contributed by atoms with Crippen molar-refractivity contribution in [3.8, 4) is 0 Å². The Morgan fingerprint density at radius 3 is 2.50 bits per heavy atom. The number of piperidine rings is 1. The zero-order valence-electron chi connectivity index (χ0n) is 10.00. The fraction of sp³-hybridized carbons (Fsp3) is 1.00. The highest BCUT2D eigenvalue weighted by Crippen LogP contribution is 2.33. The van der Waals surface area contributed by atoms with Crippen molar-refractivity contribution < 1.29 is 0 Å². The third-order valence-electron chi connectivity index (χ3n) is 3.92. The van der Waals surface area contributed by atoms with Crippen LogP contribution in [0.5, 0.6) is 0 Å². The first kappa shape index (κ1) is 10.5. The summed E-state index contributed by atoms with van der Waals surface area (Å²) < 4.78 is 0. The molecule has 2 fully saturated rings. The molecule has 14 heavy (non-hydrogen) atoms. The Bertz CT molecular complexity index is 182. The molecule has 2 aliphatic rings. The molecule has 0 bridgehead atoms. The first-order valence-electron chi connectivity index (χ1n) is 6.37. The van der Waals surface area contributed by atoms with Crippen molar-refractivity contribution in [1.29, 1.82) is 0 Å². The lowest BCUT2D eigenvalue weighted by Gasteiger charge is -2.38. The molecule has 1 heterocycles. The molecule has 0 N–H and O–H groups in total. The highest BCUT2D eigenvalue weighted by Gasteiger charge is 2.30. The second-order valence-corrected chi connectivity index (χ2v) is 6.01. The zero-order chi connectivity index (χ0) is 10.1. The summed E-state index contributed by atoms with van der Waals surface area (Å²) >= 11 is 0. The third-order valence-corrected chi connectivity index (χ3v) is 3.92. The summed E-state index contributed by atoms with van der Waals surface area (Å²) in [6.07, 6.45) is 4.45. The molecule has 0 radical (unpaired) electrons. The number of rotatable bonds is 3. The van der Waals surface area contributed by atoms with Crippen molar-refractivity contribution in [1.82, 2.24) is 4.90 Å².